The molecule has 0 atom stereocenters. The maximum absolute atomic E-state index is 13.9. The summed E-state index contributed by atoms with van der Waals surface area (Å²) in [6.45, 7) is 0.536. The number of hydrogen-bond donors (Lipinski definition) is 0. The van der Waals surface area contributed by atoms with E-state index in [1.165, 1.54) is 50.7 Å². The van der Waals surface area contributed by atoms with E-state index < -0.39 is 11.6 Å². The summed E-state index contributed by atoms with van der Waals surface area (Å²) in [5.41, 5.74) is 0.213. The first kappa shape index (κ1) is 14.0. The van der Waals surface area contributed by atoms with Gasteiger partial charge in [0.15, 0.2) is 11.6 Å². The van der Waals surface area contributed by atoms with Gasteiger partial charge in [0.05, 0.1) is 11.1 Å². The smallest absolute Gasteiger partial charge is 0.201 e. The molecular formula is C17H19BrF2O. The SMILES string of the molecule is Fc1c(Br)ccc(OCC23CC4CC(CC(C4)C2)C3)c1F. The van der Waals surface area contributed by atoms with E-state index in [1.807, 2.05) is 0 Å². The highest BCUT2D eigenvalue weighted by Gasteiger charge is 2.51. The second-order valence-electron chi connectivity index (χ2n) is 7.38. The normalized spacial score (nSPS) is 37.0. The molecule has 0 spiro atoms. The van der Waals surface area contributed by atoms with Gasteiger partial charge in [0, 0.05) is 5.41 Å². The Morgan fingerprint density at radius 1 is 1.00 bits per heavy atom. The van der Waals surface area contributed by atoms with E-state index in [0.29, 0.717) is 6.61 Å². The first-order chi connectivity index (χ1) is 10.0. The van der Waals surface area contributed by atoms with Crippen LogP contribution >= 0.6 is 15.9 Å². The zero-order valence-corrected chi connectivity index (χ0v) is 13.5. The van der Waals surface area contributed by atoms with Gasteiger partial charge < -0.3 is 4.74 Å². The number of hydrogen-bond acceptors (Lipinski definition) is 1. The van der Waals surface area contributed by atoms with Crippen LogP contribution in [0, 0.1) is 34.8 Å². The number of rotatable bonds is 3. The lowest BCUT2D eigenvalue weighted by molar-refractivity contribution is -0.0750. The van der Waals surface area contributed by atoms with Crippen LogP contribution in [0.1, 0.15) is 38.5 Å². The van der Waals surface area contributed by atoms with Crippen LogP contribution in [0.15, 0.2) is 16.6 Å². The molecular weight excluding hydrogens is 338 g/mol. The van der Waals surface area contributed by atoms with Crippen molar-refractivity contribution in [3.8, 4) is 5.75 Å². The third-order valence-electron chi connectivity index (χ3n) is 5.70. The van der Waals surface area contributed by atoms with Crippen LogP contribution in [0.3, 0.4) is 0 Å². The van der Waals surface area contributed by atoms with Gasteiger partial charge in [-0.25, -0.2) is 4.39 Å². The average molecular weight is 357 g/mol. The van der Waals surface area contributed by atoms with E-state index >= 15 is 0 Å². The molecule has 4 heteroatoms. The molecule has 1 aromatic carbocycles. The fourth-order valence-electron chi connectivity index (χ4n) is 5.32. The Hall–Kier alpha value is -0.640. The molecule has 1 nitrogen and oxygen atoms in total. The van der Waals surface area contributed by atoms with Crippen molar-refractivity contribution in [2.75, 3.05) is 6.61 Å². The van der Waals surface area contributed by atoms with E-state index in [-0.39, 0.29) is 15.6 Å². The molecule has 4 aliphatic carbocycles. The maximum Gasteiger partial charge on any atom is 0.201 e. The maximum atomic E-state index is 13.9. The highest BCUT2D eigenvalue weighted by molar-refractivity contribution is 9.10. The Kier molecular flexibility index (Phi) is 3.29. The monoisotopic (exact) mass is 356 g/mol. The molecule has 114 valence electrons. The molecule has 0 saturated heterocycles. The summed E-state index contributed by atoms with van der Waals surface area (Å²) in [5.74, 6) is 0.822. The summed E-state index contributed by atoms with van der Waals surface area (Å²) >= 11 is 2.99. The Bertz CT molecular complexity index is 537. The van der Waals surface area contributed by atoms with Gasteiger partial charge >= 0.3 is 0 Å². The Morgan fingerprint density at radius 3 is 2.14 bits per heavy atom. The van der Waals surface area contributed by atoms with Gasteiger partial charge in [0.25, 0.3) is 0 Å². The Balaban J connectivity index is 1.51. The van der Waals surface area contributed by atoms with Crippen molar-refractivity contribution < 1.29 is 13.5 Å². The average Bonchev–Trinajstić information content (AvgIpc) is 2.42. The molecule has 4 bridgehead atoms. The van der Waals surface area contributed by atoms with Crippen molar-refractivity contribution >= 4 is 15.9 Å². The summed E-state index contributed by atoms with van der Waals surface area (Å²) in [6.07, 6.45) is 7.75. The third kappa shape index (κ3) is 2.39. The molecule has 4 aliphatic rings. The highest BCUT2D eigenvalue weighted by atomic mass is 79.9. The molecule has 0 unspecified atom stereocenters. The van der Waals surface area contributed by atoms with Crippen LogP contribution in [-0.2, 0) is 0 Å². The van der Waals surface area contributed by atoms with Crippen molar-refractivity contribution in [3.63, 3.8) is 0 Å². The fourth-order valence-corrected chi connectivity index (χ4v) is 5.62. The van der Waals surface area contributed by atoms with Gasteiger partial charge in [0.1, 0.15) is 0 Å². The lowest BCUT2D eigenvalue weighted by Gasteiger charge is -2.56. The summed E-state index contributed by atoms with van der Waals surface area (Å²) in [4.78, 5) is 0. The minimum absolute atomic E-state index is 0.0476. The molecule has 5 rings (SSSR count). The molecule has 21 heavy (non-hydrogen) atoms. The first-order valence-corrected chi connectivity index (χ1v) is 8.60. The van der Waals surface area contributed by atoms with Crippen molar-refractivity contribution in [1.82, 2.24) is 0 Å². The van der Waals surface area contributed by atoms with Gasteiger partial charge in [-0.15, -0.1) is 0 Å². The van der Waals surface area contributed by atoms with Crippen LogP contribution < -0.4 is 4.74 Å². The van der Waals surface area contributed by atoms with Crippen LogP contribution in [-0.4, -0.2) is 6.61 Å². The second kappa shape index (κ2) is 4.94. The number of ether oxygens (including phenoxy) is 1. The summed E-state index contributed by atoms with van der Waals surface area (Å²) in [7, 11) is 0. The van der Waals surface area contributed by atoms with Gasteiger partial charge in [-0.3, -0.25) is 0 Å². The lowest BCUT2D eigenvalue weighted by Crippen LogP contribution is -2.48. The molecule has 0 heterocycles. The van der Waals surface area contributed by atoms with Crippen molar-refractivity contribution in [2.24, 2.45) is 23.2 Å². The Morgan fingerprint density at radius 2 is 1.57 bits per heavy atom. The van der Waals surface area contributed by atoms with Crippen LogP contribution in [0.5, 0.6) is 5.75 Å². The Labute approximate surface area is 132 Å². The van der Waals surface area contributed by atoms with Crippen molar-refractivity contribution in [1.29, 1.82) is 0 Å². The van der Waals surface area contributed by atoms with Gasteiger partial charge in [-0.2, -0.15) is 4.39 Å². The van der Waals surface area contributed by atoms with Crippen LogP contribution in [0.25, 0.3) is 0 Å². The van der Waals surface area contributed by atoms with Crippen LogP contribution in [0.2, 0.25) is 0 Å². The molecule has 0 aliphatic heterocycles. The van der Waals surface area contributed by atoms with Crippen LogP contribution in [0.4, 0.5) is 8.78 Å². The predicted octanol–water partition coefficient (Wildman–Crippen LogP) is 5.32. The minimum Gasteiger partial charge on any atom is -0.490 e. The summed E-state index contributed by atoms with van der Waals surface area (Å²) in [5, 5.41) is 0. The zero-order chi connectivity index (χ0) is 14.6. The van der Waals surface area contributed by atoms with Crippen molar-refractivity contribution in [3.05, 3.63) is 28.2 Å². The van der Waals surface area contributed by atoms with E-state index in [2.05, 4.69) is 15.9 Å². The fraction of sp³-hybridized carbons (Fsp3) is 0.647. The van der Waals surface area contributed by atoms with Crippen molar-refractivity contribution in [2.45, 2.75) is 38.5 Å². The van der Waals surface area contributed by atoms with E-state index in [1.54, 1.807) is 0 Å². The first-order valence-electron chi connectivity index (χ1n) is 7.81. The van der Waals surface area contributed by atoms with E-state index in [0.717, 1.165) is 17.8 Å². The topological polar surface area (TPSA) is 9.23 Å². The summed E-state index contributed by atoms with van der Waals surface area (Å²) < 4.78 is 33.3. The molecule has 1 aromatic rings. The predicted molar refractivity (Wildman–Crippen MR) is 80.2 cm³/mol. The standard InChI is InChI=1S/C17H19BrF2O/c18-13-1-2-14(16(20)15(13)19)21-9-17-6-10-3-11(7-17)5-12(4-10)8-17/h1-2,10-12H,3-9H2. The van der Waals surface area contributed by atoms with Gasteiger partial charge in [0.2, 0.25) is 5.82 Å². The quantitative estimate of drug-likeness (QED) is 0.665. The molecule has 4 fully saturated rings. The molecule has 4 saturated carbocycles. The van der Waals surface area contributed by atoms with Gasteiger partial charge in [-0.1, -0.05) is 0 Å². The molecule has 0 amide bonds. The third-order valence-corrected chi connectivity index (χ3v) is 6.31. The van der Waals surface area contributed by atoms with E-state index in [9.17, 15) is 8.78 Å². The van der Waals surface area contributed by atoms with Gasteiger partial charge in [-0.05, 0) is 84.3 Å². The largest absolute Gasteiger partial charge is 0.490 e. The van der Waals surface area contributed by atoms with E-state index in [4.69, 9.17) is 4.74 Å². The molecule has 0 N–H and O–H groups in total. The zero-order valence-electron chi connectivity index (χ0n) is 11.9. The number of benzene rings is 1. The summed E-state index contributed by atoms with van der Waals surface area (Å²) in [6, 6.07) is 3.02. The highest BCUT2D eigenvalue weighted by Crippen LogP contribution is 2.60. The molecule has 0 radical (unpaired) electrons. The lowest BCUT2D eigenvalue weighted by atomic mass is 9.50. The molecule has 0 aromatic heterocycles. The minimum atomic E-state index is -0.880. The number of halogens is 3. The second-order valence-corrected chi connectivity index (χ2v) is 8.23.